The summed E-state index contributed by atoms with van der Waals surface area (Å²) in [6.45, 7) is 6.48. The molecule has 0 unspecified atom stereocenters. The molecule has 0 aliphatic carbocycles. The van der Waals surface area contributed by atoms with Crippen molar-refractivity contribution in [2.45, 2.75) is 32.1 Å². The monoisotopic (exact) mass is 280 g/mol. The number of nitrogens with two attached hydrogens (primary N) is 1. The molecule has 1 heterocycles. The van der Waals surface area contributed by atoms with Gasteiger partial charge in [0.05, 0.1) is 4.90 Å². The van der Waals surface area contributed by atoms with Crippen LogP contribution in [0.4, 0.5) is 5.69 Å². The van der Waals surface area contributed by atoms with Crippen molar-refractivity contribution in [3.8, 4) is 0 Å². The first-order chi connectivity index (χ1) is 8.85. The highest BCUT2D eigenvalue weighted by molar-refractivity contribution is 7.89. The highest BCUT2D eigenvalue weighted by Gasteiger charge is 2.29. The maximum Gasteiger partial charge on any atom is 0.243 e. The van der Waals surface area contributed by atoms with Crippen LogP contribution in [0.2, 0.25) is 0 Å². The van der Waals surface area contributed by atoms with Crippen LogP contribution < -0.4 is 5.73 Å². The van der Waals surface area contributed by atoms with Gasteiger partial charge in [-0.3, -0.25) is 0 Å². The van der Waals surface area contributed by atoms with E-state index in [9.17, 15) is 8.42 Å². The highest BCUT2D eigenvalue weighted by Crippen LogP contribution is 2.30. The second-order valence-electron chi connectivity index (χ2n) is 4.98. The third kappa shape index (κ3) is 2.40. The third-order valence-electron chi connectivity index (χ3n) is 3.70. The Bertz CT molecular complexity index is 607. The summed E-state index contributed by atoms with van der Waals surface area (Å²) in [5.41, 5.74) is 8.81. The van der Waals surface area contributed by atoms with Crippen LogP contribution in [0.25, 0.3) is 0 Å². The van der Waals surface area contributed by atoms with Gasteiger partial charge in [0.2, 0.25) is 10.0 Å². The minimum atomic E-state index is -3.47. The Labute approximate surface area is 115 Å². The van der Waals surface area contributed by atoms with Crippen molar-refractivity contribution in [2.24, 2.45) is 0 Å². The van der Waals surface area contributed by atoms with Crippen molar-refractivity contribution in [3.05, 3.63) is 34.9 Å². The van der Waals surface area contributed by atoms with Crippen molar-refractivity contribution >= 4 is 15.7 Å². The Morgan fingerprint density at radius 3 is 2.42 bits per heavy atom. The Morgan fingerprint density at radius 2 is 1.84 bits per heavy atom. The van der Waals surface area contributed by atoms with Gasteiger partial charge in [-0.15, -0.1) is 0 Å². The average molecular weight is 280 g/mol. The molecule has 0 spiro atoms. The van der Waals surface area contributed by atoms with E-state index in [1.807, 2.05) is 32.1 Å². The highest BCUT2D eigenvalue weighted by atomic mass is 32.2. The molecule has 104 valence electrons. The van der Waals surface area contributed by atoms with E-state index >= 15 is 0 Å². The molecule has 1 aliphatic heterocycles. The van der Waals surface area contributed by atoms with Crippen LogP contribution >= 0.6 is 0 Å². The minimum Gasteiger partial charge on any atom is -0.398 e. The summed E-state index contributed by atoms with van der Waals surface area (Å²) in [6.07, 6.45) is 4.67. The number of rotatable bonds is 2. The van der Waals surface area contributed by atoms with Crippen LogP contribution in [0.1, 0.15) is 23.1 Å². The molecule has 0 radical (unpaired) electrons. The van der Waals surface area contributed by atoms with Crippen LogP contribution in [0, 0.1) is 20.8 Å². The summed E-state index contributed by atoms with van der Waals surface area (Å²) in [4.78, 5) is 0.375. The van der Waals surface area contributed by atoms with Crippen molar-refractivity contribution in [2.75, 3.05) is 18.8 Å². The lowest BCUT2D eigenvalue weighted by molar-refractivity contribution is 0.437. The van der Waals surface area contributed by atoms with Crippen molar-refractivity contribution in [1.82, 2.24) is 4.31 Å². The van der Waals surface area contributed by atoms with E-state index < -0.39 is 10.0 Å². The average Bonchev–Trinajstić information content (AvgIpc) is 2.37. The maximum atomic E-state index is 12.8. The molecule has 0 saturated heterocycles. The molecule has 1 aromatic carbocycles. The van der Waals surface area contributed by atoms with Gasteiger partial charge < -0.3 is 5.73 Å². The number of aryl methyl sites for hydroxylation is 1. The normalized spacial score (nSPS) is 16.8. The number of anilines is 1. The van der Waals surface area contributed by atoms with E-state index in [1.165, 1.54) is 4.31 Å². The predicted molar refractivity (Wildman–Crippen MR) is 77.6 cm³/mol. The molecule has 2 rings (SSSR count). The lowest BCUT2D eigenvalue weighted by atomic mass is 10.1. The summed E-state index contributed by atoms with van der Waals surface area (Å²) in [6, 6.07) is 1.83. The second kappa shape index (κ2) is 4.98. The lowest BCUT2D eigenvalue weighted by Crippen LogP contribution is -2.34. The molecule has 5 heteroatoms. The Morgan fingerprint density at radius 1 is 1.16 bits per heavy atom. The van der Waals surface area contributed by atoms with Crippen LogP contribution in [0.3, 0.4) is 0 Å². The lowest BCUT2D eigenvalue weighted by Gasteiger charge is -2.25. The van der Waals surface area contributed by atoms with Gasteiger partial charge in [-0.2, -0.15) is 4.31 Å². The molecule has 2 N–H and O–H groups in total. The molecule has 0 fully saturated rings. The summed E-state index contributed by atoms with van der Waals surface area (Å²) < 4.78 is 27.1. The standard InChI is InChI=1S/C14H20N2O2S/c1-10-9-13(15)12(3)14(11(10)2)19(17,18)16-7-5-4-6-8-16/h4-5,9H,6-8,15H2,1-3H3. The topological polar surface area (TPSA) is 63.4 Å². The van der Waals surface area contributed by atoms with Crippen LogP contribution in [0.15, 0.2) is 23.1 Å². The minimum absolute atomic E-state index is 0.375. The van der Waals surface area contributed by atoms with Gasteiger partial charge >= 0.3 is 0 Å². The van der Waals surface area contributed by atoms with Gasteiger partial charge in [-0.1, -0.05) is 12.2 Å². The number of hydrogen-bond acceptors (Lipinski definition) is 3. The van der Waals surface area contributed by atoms with Gasteiger partial charge in [-0.05, 0) is 49.9 Å². The first-order valence-corrected chi connectivity index (χ1v) is 7.81. The van der Waals surface area contributed by atoms with E-state index in [-0.39, 0.29) is 0 Å². The van der Waals surface area contributed by atoms with E-state index in [1.54, 1.807) is 6.92 Å². The molecule has 19 heavy (non-hydrogen) atoms. The number of hydrogen-bond donors (Lipinski definition) is 1. The van der Waals surface area contributed by atoms with Crippen molar-refractivity contribution in [1.29, 1.82) is 0 Å². The van der Waals surface area contributed by atoms with Crippen molar-refractivity contribution in [3.63, 3.8) is 0 Å². The predicted octanol–water partition coefficient (Wildman–Crippen LogP) is 2.14. The quantitative estimate of drug-likeness (QED) is 0.667. The van der Waals surface area contributed by atoms with Gasteiger partial charge in [0.25, 0.3) is 0 Å². The summed E-state index contributed by atoms with van der Waals surface area (Å²) in [5.74, 6) is 0. The number of benzene rings is 1. The van der Waals surface area contributed by atoms with E-state index in [0.717, 1.165) is 17.5 Å². The zero-order valence-corrected chi connectivity index (χ0v) is 12.4. The smallest absolute Gasteiger partial charge is 0.243 e. The number of nitrogens with zero attached hydrogens (tertiary/aromatic N) is 1. The van der Waals surface area contributed by atoms with Gasteiger partial charge in [0.15, 0.2) is 0 Å². The Hall–Kier alpha value is -1.33. The molecule has 0 bridgehead atoms. The third-order valence-corrected chi connectivity index (χ3v) is 5.84. The van der Waals surface area contributed by atoms with Gasteiger partial charge in [0, 0.05) is 18.8 Å². The molecular formula is C14H20N2O2S. The van der Waals surface area contributed by atoms with Gasteiger partial charge in [0.1, 0.15) is 0 Å². The Kier molecular flexibility index (Phi) is 3.69. The maximum absolute atomic E-state index is 12.8. The number of sulfonamides is 1. The molecule has 0 atom stereocenters. The molecule has 1 aliphatic rings. The molecule has 0 amide bonds. The first kappa shape index (κ1) is 14.1. The SMILES string of the molecule is Cc1cc(N)c(C)c(S(=O)(=O)N2CC=CCC2)c1C. The van der Waals surface area contributed by atoms with E-state index in [2.05, 4.69) is 0 Å². The van der Waals surface area contributed by atoms with E-state index in [4.69, 9.17) is 5.73 Å². The van der Waals surface area contributed by atoms with Gasteiger partial charge in [-0.25, -0.2) is 8.42 Å². The summed E-state index contributed by atoms with van der Waals surface area (Å²) in [5, 5.41) is 0. The fourth-order valence-electron chi connectivity index (χ4n) is 2.40. The van der Waals surface area contributed by atoms with Crippen LogP contribution in [0.5, 0.6) is 0 Å². The van der Waals surface area contributed by atoms with Crippen LogP contribution in [-0.4, -0.2) is 25.8 Å². The molecule has 4 nitrogen and oxygen atoms in total. The fraction of sp³-hybridized carbons (Fsp3) is 0.429. The first-order valence-electron chi connectivity index (χ1n) is 6.37. The molecule has 0 aromatic heterocycles. The van der Waals surface area contributed by atoms with E-state index in [0.29, 0.717) is 29.2 Å². The zero-order valence-electron chi connectivity index (χ0n) is 11.6. The zero-order chi connectivity index (χ0) is 14.2. The van der Waals surface area contributed by atoms with Crippen LogP contribution in [-0.2, 0) is 10.0 Å². The largest absolute Gasteiger partial charge is 0.398 e. The number of nitrogen functional groups attached to an aromatic ring is 1. The Balaban J connectivity index is 2.61. The molecule has 0 saturated carbocycles. The molecular weight excluding hydrogens is 260 g/mol. The van der Waals surface area contributed by atoms with Crippen molar-refractivity contribution < 1.29 is 8.42 Å². The molecule has 1 aromatic rings. The summed E-state index contributed by atoms with van der Waals surface area (Å²) in [7, 11) is -3.47. The summed E-state index contributed by atoms with van der Waals surface area (Å²) >= 11 is 0. The fourth-order valence-corrected chi connectivity index (χ4v) is 4.33. The second-order valence-corrected chi connectivity index (χ2v) is 6.86.